The van der Waals surface area contributed by atoms with E-state index in [1.54, 1.807) is 0 Å². The molecule has 0 aliphatic heterocycles. The van der Waals surface area contributed by atoms with Gasteiger partial charge < -0.3 is 5.73 Å². The maximum absolute atomic E-state index is 11.1. The van der Waals surface area contributed by atoms with E-state index in [9.17, 15) is 8.42 Å². The predicted molar refractivity (Wildman–Crippen MR) is 51.8 cm³/mol. The van der Waals surface area contributed by atoms with E-state index in [2.05, 4.69) is 13.8 Å². The zero-order valence-corrected chi connectivity index (χ0v) is 8.73. The average molecular weight is 193 g/mol. The maximum Gasteiger partial charge on any atom is 0.151 e. The molecular weight excluding hydrogens is 174 g/mol. The van der Waals surface area contributed by atoms with E-state index < -0.39 is 9.84 Å². The standard InChI is InChI=1S/C8H19NO2S/c1-8(2)4-3-6-12(10,11)7-5-9/h8H,3-7,9H2,1-2H3. The summed E-state index contributed by atoms with van der Waals surface area (Å²) in [5.74, 6) is 1.01. The van der Waals surface area contributed by atoms with E-state index in [4.69, 9.17) is 5.73 Å². The summed E-state index contributed by atoms with van der Waals surface area (Å²) in [6.07, 6.45) is 1.74. The molecule has 0 rings (SSSR count). The van der Waals surface area contributed by atoms with Crippen LogP contribution in [0.3, 0.4) is 0 Å². The summed E-state index contributed by atoms with van der Waals surface area (Å²) in [6.45, 7) is 4.43. The summed E-state index contributed by atoms with van der Waals surface area (Å²) in [7, 11) is -2.85. The Morgan fingerprint density at radius 1 is 1.25 bits per heavy atom. The first-order valence-electron chi connectivity index (χ1n) is 4.38. The molecule has 0 amide bonds. The van der Waals surface area contributed by atoms with Crippen LogP contribution in [0.25, 0.3) is 0 Å². The lowest BCUT2D eigenvalue weighted by Crippen LogP contribution is -2.18. The molecule has 0 aromatic heterocycles. The molecule has 0 saturated heterocycles. The Morgan fingerprint density at radius 2 is 1.83 bits per heavy atom. The maximum atomic E-state index is 11.1. The molecular formula is C8H19NO2S. The van der Waals surface area contributed by atoms with Crippen molar-refractivity contribution < 1.29 is 8.42 Å². The predicted octanol–water partition coefficient (Wildman–Crippen LogP) is 0.796. The average Bonchev–Trinajstić information content (AvgIpc) is 1.85. The van der Waals surface area contributed by atoms with Crippen LogP contribution in [-0.2, 0) is 9.84 Å². The second-order valence-corrected chi connectivity index (χ2v) is 5.78. The fourth-order valence-corrected chi connectivity index (χ4v) is 2.16. The lowest BCUT2D eigenvalue weighted by Gasteiger charge is -2.04. The van der Waals surface area contributed by atoms with Gasteiger partial charge in [0.05, 0.1) is 11.5 Å². The Kier molecular flexibility index (Phi) is 5.50. The van der Waals surface area contributed by atoms with Gasteiger partial charge in [-0.25, -0.2) is 8.42 Å². The van der Waals surface area contributed by atoms with Crippen molar-refractivity contribution in [2.75, 3.05) is 18.1 Å². The Morgan fingerprint density at radius 3 is 2.25 bits per heavy atom. The molecule has 0 heterocycles. The molecule has 0 spiro atoms. The van der Waals surface area contributed by atoms with Crippen molar-refractivity contribution in [1.29, 1.82) is 0 Å². The van der Waals surface area contributed by atoms with Gasteiger partial charge in [0.2, 0.25) is 0 Å². The molecule has 0 radical (unpaired) electrons. The van der Waals surface area contributed by atoms with Gasteiger partial charge in [0.15, 0.2) is 9.84 Å². The highest BCUT2D eigenvalue weighted by Crippen LogP contribution is 2.05. The number of rotatable bonds is 6. The summed E-state index contributed by atoms with van der Waals surface area (Å²) in [5.41, 5.74) is 5.17. The fraction of sp³-hybridized carbons (Fsp3) is 1.00. The largest absolute Gasteiger partial charge is 0.329 e. The third-order valence-electron chi connectivity index (χ3n) is 1.67. The third kappa shape index (κ3) is 6.61. The molecule has 4 heteroatoms. The topological polar surface area (TPSA) is 60.2 Å². The Hall–Kier alpha value is -0.0900. The van der Waals surface area contributed by atoms with Crippen LogP contribution < -0.4 is 5.73 Å². The molecule has 0 unspecified atom stereocenters. The summed E-state index contributed by atoms with van der Waals surface area (Å²) in [6, 6.07) is 0. The van der Waals surface area contributed by atoms with E-state index >= 15 is 0 Å². The fourth-order valence-electron chi connectivity index (χ4n) is 0.993. The molecule has 0 aromatic carbocycles. The van der Waals surface area contributed by atoms with E-state index in [0.29, 0.717) is 11.7 Å². The van der Waals surface area contributed by atoms with Gasteiger partial charge in [0.1, 0.15) is 0 Å². The van der Waals surface area contributed by atoms with Crippen molar-refractivity contribution in [3.05, 3.63) is 0 Å². The van der Waals surface area contributed by atoms with Crippen LogP contribution in [0.1, 0.15) is 26.7 Å². The van der Waals surface area contributed by atoms with Gasteiger partial charge in [-0.1, -0.05) is 20.3 Å². The van der Waals surface area contributed by atoms with Gasteiger partial charge in [-0.3, -0.25) is 0 Å². The van der Waals surface area contributed by atoms with Gasteiger partial charge in [-0.15, -0.1) is 0 Å². The third-order valence-corrected chi connectivity index (χ3v) is 3.43. The zero-order chi connectivity index (χ0) is 9.61. The molecule has 0 bridgehead atoms. The van der Waals surface area contributed by atoms with Crippen molar-refractivity contribution in [2.45, 2.75) is 26.7 Å². The van der Waals surface area contributed by atoms with Crippen LogP contribution in [0.5, 0.6) is 0 Å². The summed E-state index contributed by atoms with van der Waals surface area (Å²) >= 11 is 0. The van der Waals surface area contributed by atoms with Crippen LogP contribution in [0.2, 0.25) is 0 Å². The molecule has 74 valence electrons. The molecule has 12 heavy (non-hydrogen) atoms. The Labute approximate surface area is 75.3 Å². The molecule has 0 aliphatic carbocycles. The lowest BCUT2D eigenvalue weighted by molar-refractivity contribution is 0.560. The Bertz CT molecular complexity index is 197. The molecule has 0 fully saturated rings. The molecule has 3 nitrogen and oxygen atoms in total. The molecule has 0 aliphatic rings. The van der Waals surface area contributed by atoms with Crippen LogP contribution in [0, 0.1) is 5.92 Å². The van der Waals surface area contributed by atoms with Crippen molar-refractivity contribution in [1.82, 2.24) is 0 Å². The molecule has 0 atom stereocenters. The summed E-state index contributed by atoms with van der Waals surface area (Å²) in [4.78, 5) is 0. The first kappa shape index (κ1) is 11.9. The molecule has 2 N–H and O–H groups in total. The minimum Gasteiger partial charge on any atom is -0.329 e. The van der Waals surface area contributed by atoms with Crippen LogP contribution in [-0.4, -0.2) is 26.5 Å². The normalized spacial score (nSPS) is 12.3. The zero-order valence-electron chi connectivity index (χ0n) is 7.91. The first-order chi connectivity index (χ1) is 5.48. The van der Waals surface area contributed by atoms with E-state index in [0.717, 1.165) is 12.8 Å². The number of sulfone groups is 1. The minimum absolute atomic E-state index is 0.130. The van der Waals surface area contributed by atoms with E-state index in [1.807, 2.05) is 0 Å². The second-order valence-electron chi connectivity index (χ2n) is 3.48. The smallest absolute Gasteiger partial charge is 0.151 e. The van der Waals surface area contributed by atoms with Crippen molar-refractivity contribution in [3.63, 3.8) is 0 Å². The van der Waals surface area contributed by atoms with E-state index in [1.165, 1.54) is 0 Å². The Balaban J connectivity index is 3.62. The van der Waals surface area contributed by atoms with Gasteiger partial charge in [0, 0.05) is 6.54 Å². The first-order valence-corrected chi connectivity index (χ1v) is 6.20. The number of hydrogen-bond donors (Lipinski definition) is 1. The van der Waals surface area contributed by atoms with Gasteiger partial charge >= 0.3 is 0 Å². The van der Waals surface area contributed by atoms with Crippen LogP contribution in [0.15, 0.2) is 0 Å². The van der Waals surface area contributed by atoms with Crippen LogP contribution >= 0.6 is 0 Å². The van der Waals surface area contributed by atoms with Crippen LogP contribution in [0.4, 0.5) is 0 Å². The highest BCUT2D eigenvalue weighted by Gasteiger charge is 2.08. The van der Waals surface area contributed by atoms with E-state index in [-0.39, 0.29) is 12.3 Å². The van der Waals surface area contributed by atoms with Crippen molar-refractivity contribution in [3.8, 4) is 0 Å². The SMILES string of the molecule is CC(C)CCCS(=O)(=O)CCN. The number of hydrogen-bond acceptors (Lipinski definition) is 3. The quantitative estimate of drug-likeness (QED) is 0.678. The van der Waals surface area contributed by atoms with Crippen molar-refractivity contribution in [2.24, 2.45) is 11.7 Å². The molecule has 0 aromatic rings. The minimum atomic E-state index is -2.85. The lowest BCUT2D eigenvalue weighted by atomic mass is 10.1. The summed E-state index contributed by atoms with van der Waals surface area (Å²) < 4.78 is 22.3. The second kappa shape index (κ2) is 5.54. The monoisotopic (exact) mass is 193 g/mol. The van der Waals surface area contributed by atoms with Gasteiger partial charge in [0.25, 0.3) is 0 Å². The molecule has 0 saturated carbocycles. The van der Waals surface area contributed by atoms with Gasteiger partial charge in [-0.2, -0.15) is 0 Å². The van der Waals surface area contributed by atoms with Crippen molar-refractivity contribution >= 4 is 9.84 Å². The highest BCUT2D eigenvalue weighted by molar-refractivity contribution is 7.91. The number of nitrogens with two attached hydrogens (primary N) is 1. The highest BCUT2D eigenvalue weighted by atomic mass is 32.2. The summed E-state index contributed by atoms with van der Waals surface area (Å²) in [5, 5.41) is 0. The van der Waals surface area contributed by atoms with Gasteiger partial charge in [-0.05, 0) is 12.3 Å².